The van der Waals surface area contributed by atoms with Crippen LogP contribution in [0.1, 0.15) is 19.3 Å². The Labute approximate surface area is 156 Å². The first-order chi connectivity index (χ1) is 11.1. The van der Waals surface area contributed by atoms with Gasteiger partial charge in [-0.15, -0.1) is 12.4 Å². The molecule has 4 N–H and O–H groups in total. The molecule has 1 fully saturated rings. The molecule has 1 saturated heterocycles. The van der Waals surface area contributed by atoms with Gasteiger partial charge in [0.05, 0.1) is 6.04 Å². The number of hydrogen-bond acceptors (Lipinski definition) is 4. The lowest BCUT2D eigenvalue weighted by Gasteiger charge is -2.26. The second-order valence-electron chi connectivity index (χ2n) is 5.57. The molecule has 8 heteroatoms. The van der Waals surface area contributed by atoms with E-state index in [9.17, 15) is 9.59 Å². The molecule has 24 heavy (non-hydrogen) atoms. The van der Waals surface area contributed by atoms with Crippen molar-refractivity contribution in [2.45, 2.75) is 25.3 Å². The molecule has 1 unspecified atom stereocenters. The van der Waals surface area contributed by atoms with Gasteiger partial charge in [0.1, 0.15) is 0 Å². The molecule has 0 aliphatic carbocycles. The summed E-state index contributed by atoms with van der Waals surface area (Å²) in [5.41, 5.74) is 6.70. The van der Waals surface area contributed by atoms with Gasteiger partial charge in [-0.1, -0.05) is 15.9 Å². The van der Waals surface area contributed by atoms with Crippen LogP contribution in [0.4, 0.5) is 5.69 Å². The minimum atomic E-state index is -0.534. The number of hydrogen-bond donors (Lipinski definition) is 3. The van der Waals surface area contributed by atoms with Crippen molar-refractivity contribution in [3.63, 3.8) is 0 Å². The first kappa shape index (κ1) is 20.9. The highest BCUT2D eigenvalue weighted by molar-refractivity contribution is 9.10. The van der Waals surface area contributed by atoms with Crippen molar-refractivity contribution in [1.82, 2.24) is 5.32 Å². The van der Waals surface area contributed by atoms with Gasteiger partial charge >= 0.3 is 0 Å². The Bertz CT molecular complexity index is 536. The molecule has 0 spiro atoms. The third-order valence-corrected chi connectivity index (χ3v) is 4.38. The highest BCUT2D eigenvalue weighted by Gasteiger charge is 2.26. The Morgan fingerprint density at radius 1 is 1.25 bits per heavy atom. The van der Waals surface area contributed by atoms with E-state index < -0.39 is 6.04 Å². The fraction of sp³-hybridized carbons (Fsp3) is 0.500. The van der Waals surface area contributed by atoms with Crippen LogP contribution in [0.2, 0.25) is 0 Å². The van der Waals surface area contributed by atoms with Crippen molar-refractivity contribution >= 4 is 45.8 Å². The van der Waals surface area contributed by atoms with Crippen LogP contribution in [0.3, 0.4) is 0 Å². The average Bonchev–Trinajstić information content (AvgIpc) is 2.57. The van der Waals surface area contributed by atoms with E-state index in [2.05, 4.69) is 26.6 Å². The van der Waals surface area contributed by atoms with Crippen LogP contribution in [-0.4, -0.2) is 37.6 Å². The van der Waals surface area contributed by atoms with Gasteiger partial charge in [-0.05, 0) is 43.0 Å². The minimum absolute atomic E-state index is 0. The van der Waals surface area contributed by atoms with E-state index in [0.29, 0.717) is 13.2 Å². The number of carbonyl (C=O) groups is 2. The lowest BCUT2D eigenvalue weighted by molar-refractivity contribution is -0.124. The fourth-order valence-electron chi connectivity index (χ4n) is 2.46. The van der Waals surface area contributed by atoms with Gasteiger partial charge in [-0.25, -0.2) is 0 Å². The summed E-state index contributed by atoms with van der Waals surface area (Å²) in [6.45, 7) is 1.58. The predicted molar refractivity (Wildman–Crippen MR) is 99.2 cm³/mol. The fourth-order valence-corrected chi connectivity index (χ4v) is 2.73. The number of rotatable bonds is 6. The van der Waals surface area contributed by atoms with Crippen molar-refractivity contribution in [2.24, 2.45) is 11.7 Å². The zero-order valence-corrected chi connectivity index (χ0v) is 15.7. The molecule has 1 aromatic rings. The topological polar surface area (TPSA) is 93.5 Å². The summed E-state index contributed by atoms with van der Waals surface area (Å²) in [5.74, 6) is -0.194. The third-order valence-electron chi connectivity index (χ3n) is 3.86. The molecule has 0 radical (unpaired) electrons. The number of ether oxygens (including phenoxy) is 1. The number of benzene rings is 1. The number of carbonyl (C=O) groups excluding carboxylic acids is 2. The average molecular weight is 421 g/mol. The van der Waals surface area contributed by atoms with E-state index >= 15 is 0 Å². The highest BCUT2D eigenvalue weighted by atomic mass is 79.9. The summed E-state index contributed by atoms with van der Waals surface area (Å²) >= 11 is 3.34. The molecule has 1 heterocycles. The Balaban J connectivity index is 0.00000288. The van der Waals surface area contributed by atoms with Gasteiger partial charge < -0.3 is 21.1 Å². The third kappa shape index (κ3) is 6.76. The van der Waals surface area contributed by atoms with Crippen LogP contribution < -0.4 is 16.4 Å². The van der Waals surface area contributed by atoms with Crippen LogP contribution in [-0.2, 0) is 14.3 Å². The molecule has 0 saturated carbocycles. The first-order valence-corrected chi connectivity index (χ1v) is 8.52. The van der Waals surface area contributed by atoms with Crippen molar-refractivity contribution in [3.05, 3.63) is 28.7 Å². The normalized spacial score (nSPS) is 15.9. The molecule has 1 aromatic carbocycles. The van der Waals surface area contributed by atoms with Crippen LogP contribution in [0.15, 0.2) is 28.7 Å². The summed E-state index contributed by atoms with van der Waals surface area (Å²) in [7, 11) is 0. The zero-order valence-electron chi connectivity index (χ0n) is 13.3. The van der Waals surface area contributed by atoms with Crippen molar-refractivity contribution in [3.8, 4) is 0 Å². The molecule has 0 aromatic heterocycles. The number of nitrogens with one attached hydrogen (secondary N) is 2. The van der Waals surface area contributed by atoms with Crippen molar-refractivity contribution in [2.75, 3.05) is 25.1 Å². The van der Waals surface area contributed by atoms with Crippen molar-refractivity contribution in [1.29, 1.82) is 0 Å². The lowest BCUT2D eigenvalue weighted by Crippen LogP contribution is -2.47. The Morgan fingerprint density at radius 3 is 2.50 bits per heavy atom. The SMILES string of the molecule is Cl.NC(C(=O)NCCC(=O)Nc1ccc(Br)cc1)C1CCOCC1. The summed E-state index contributed by atoms with van der Waals surface area (Å²) in [6, 6.07) is 6.78. The molecule has 1 aliphatic rings. The molecule has 2 rings (SSSR count). The zero-order chi connectivity index (χ0) is 16.7. The summed E-state index contributed by atoms with van der Waals surface area (Å²) in [6.07, 6.45) is 1.82. The standard InChI is InChI=1S/C16H22BrN3O3.ClH/c17-12-1-3-13(4-2-12)20-14(21)5-8-19-16(22)15(18)11-6-9-23-10-7-11;/h1-4,11,15H,5-10,18H2,(H,19,22)(H,20,21);1H. The maximum Gasteiger partial charge on any atom is 0.237 e. The number of nitrogens with two attached hydrogens (primary N) is 1. The van der Waals surface area contributed by atoms with Crippen LogP contribution in [0, 0.1) is 5.92 Å². The number of anilines is 1. The van der Waals surface area contributed by atoms with Gasteiger partial charge in [0.15, 0.2) is 0 Å². The second-order valence-corrected chi connectivity index (χ2v) is 6.49. The van der Waals surface area contributed by atoms with Gasteiger partial charge in [0, 0.05) is 36.3 Å². The smallest absolute Gasteiger partial charge is 0.237 e. The first-order valence-electron chi connectivity index (χ1n) is 7.72. The van der Waals surface area contributed by atoms with E-state index in [0.717, 1.165) is 23.0 Å². The van der Waals surface area contributed by atoms with E-state index in [1.165, 1.54) is 0 Å². The molecule has 0 bridgehead atoms. The lowest BCUT2D eigenvalue weighted by atomic mass is 9.92. The number of amides is 2. The van der Waals surface area contributed by atoms with Gasteiger partial charge in [-0.3, -0.25) is 9.59 Å². The summed E-state index contributed by atoms with van der Waals surface area (Å²) in [4.78, 5) is 23.8. The molecule has 6 nitrogen and oxygen atoms in total. The Hall–Kier alpha value is -1.15. The van der Waals surface area contributed by atoms with Gasteiger partial charge in [0.25, 0.3) is 0 Å². The Kier molecular flexibility index (Phi) is 9.28. The van der Waals surface area contributed by atoms with Gasteiger partial charge in [0.2, 0.25) is 11.8 Å². The summed E-state index contributed by atoms with van der Waals surface area (Å²) < 4.78 is 6.21. The quantitative estimate of drug-likeness (QED) is 0.657. The maximum absolute atomic E-state index is 12.0. The summed E-state index contributed by atoms with van der Waals surface area (Å²) in [5, 5.41) is 5.51. The molecule has 2 amide bonds. The van der Waals surface area contributed by atoms with Crippen molar-refractivity contribution < 1.29 is 14.3 Å². The molecule has 1 atom stereocenters. The van der Waals surface area contributed by atoms with Gasteiger partial charge in [-0.2, -0.15) is 0 Å². The second kappa shape index (κ2) is 10.7. The highest BCUT2D eigenvalue weighted by Crippen LogP contribution is 2.17. The predicted octanol–water partition coefficient (Wildman–Crippen LogP) is 2.07. The van der Waals surface area contributed by atoms with Crippen LogP contribution >= 0.6 is 28.3 Å². The largest absolute Gasteiger partial charge is 0.381 e. The monoisotopic (exact) mass is 419 g/mol. The van der Waals surface area contributed by atoms with E-state index in [4.69, 9.17) is 10.5 Å². The Morgan fingerprint density at radius 2 is 1.88 bits per heavy atom. The molecular weight excluding hydrogens is 398 g/mol. The molecule has 134 valence electrons. The van der Waals surface area contributed by atoms with Crippen LogP contribution in [0.5, 0.6) is 0 Å². The molecular formula is C16H23BrClN3O3. The van der Waals surface area contributed by atoms with E-state index in [1.807, 2.05) is 24.3 Å². The van der Waals surface area contributed by atoms with E-state index in [1.54, 1.807) is 0 Å². The number of halogens is 2. The molecule has 1 aliphatic heterocycles. The minimum Gasteiger partial charge on any atom is -0.381 e. The maximum atomic E-state index is 12.0. The van der Waals surface area contributed by atoms with Crippen LogP contribution in [0.25, 0.3) is 0 Å². The van der Waals surface area contributed by atoms with E-state index in [-0.39, 0.29) is 43.1 Å².